The van der Waals surface area contributed by atoms with E-state index >= 15 is 0 Å². The summed E-state index contributed by atoms with van der Waals surface area (Å²) >= 11 is 0. The highest BCUT2D eigenvalue weighted by Crippen LogP contribution is 2.15. The maximum absolute atomic E-state index is 12.7. The molecule has 2 heterocycles. The van der Waals surface area contributed by atoms with Crippen molar-refractivity contribution in [3.8, 4) is 0 Å². The molecule has 0 radical (unpaired) electrons. The maximum Gasteiger partial charge on any atom is 0.348 e. The molecule has 9 heteroatoms. The summed E-state index contributed by atoms with van der Waals surface area (Å²) in [5, 5.41) is 0.550. The van der Waals surface area contributed by atoms with Crippen molar-refractivity contribution in [2.24, 2.45) is 0 Å². The normalized spacial score (nSPS) is 11.0. The number of fused-ring (bicyclic) bond motifs is 2. The monoisotopic (exact) mass is 378 g/mol. The summed E-state index contributed by atoms with van der Waals surface area (Å²) in [7, 11) is 0. The van der Waals surface area contributed by atoms with Gasteiger partial charge in [0.05, 0.1) is 21.8 Å². The first-order valence-electron chi connectivity index (χ1n) is 8.35. The summed E-state index contributed by atoms with van der Waals surface area (Å²) < 4.78 is 6.01. The maximum atomic E-state index is 12.7. The molecule has 28 heavy (non-hydrogen) atoms. The Hall–Kier alpha value is -4.01. The lowest BCUT2D eigenvalue weighted by Crippen LogP contribution is -2.43. The predicted octanol–water partition coefficient (Wildman–Crippen LogP) is 1.20. The molecule has 0 spiro atoms. The highest BCUT2D eigenvalue weighted by atomic mass is 16.4. The molecule has 2 aromatic carbocycles. The second-order valence-corrected chi connectivity index (χ2v) is 6.10. The fourth-order valence-electron chi connectivity index (χ4n) is 2.89. The van der Waals surface area contributed by atoms with Gasteiger partial charge in [0, 0.05) is 6.92 Å². The smallest absolute Gasteiger partial charge is 0.348 e. The van der Waals surface area contributed by atoms with Crippen LogP contribution in [-0.4, -0.2) is 20.4 Å². The third kappa shape index (κ3) is 2.88. The van der Waals surface area contributed by atoms with Crippen molar-refractivity contribution in [3.05, 3.63) is 79.8 Å². The first kappa shape index (κ1) is 17.4. The number of carbonyl (C=O) groups excluding carboxylic acids is 1. The Morgan fingerprint density at radius 2 is 1.75 bits per heavy atom. The van der Waals surface area contributed by atoms with Gasteiger partial charge in [0.25, 0.3) is 5.56 Å². The molecule has 1 amide bonds. The minimum Gasteiger partial charge on any atom is -0.388 e. The number of carbonyl (C=O) groups is 1. The molecule has 4 rings (SSSR count). The molecule has 0 fully saturated rings. The van der Waals surface area contributed by atoms with E-state index in [-0.39, 0.29) is 11.4 Å². The van der Waals surface area contributed by atoms with Crippen LogP contribution in [0.5, 0.6) is 0 Å². The van der Waals surface area contributed by atoms with E-state index < -0.39 is 29.5 Å². The number of para-hydroxylation sites is 2. The third-order valence-corrected chi connectivity index (χ3v) is 4.31. The number of hydrogen-bond donors (Lipinski definition) is 1. The van der Waals surface area contributed by atoms with Crippen LogP contribution in [0.1, 0.15) is 6.92 Å². The first-order chi connectivity index (χ1) is 13.5. The van der Waals surface area contributed by atoms with E-state index in [1.807, 2.05) is 0 Å². The molecule has 4 aromatic rings. The van der Waals surface area contributed by atoms with Gasteiger partial charge >= 0.3 is 17.3 Å². The second-order valence-electron chi connectivity index (χ2n) is 6.10. The standard InChI is InChI=1S/C19H14N4O5/c1-11(24)22(19-21-15-9-5-3-7-13(15)17(26)28-19)10-23-16(25)12-6-2-4-8-14(12)20-18(23)27/h2-9H,10H2,1H3,(H,20,27). The number of aromatic nitrogens is 3. The zero-order valence-electron chi connectivity index (χ0n) is 14.7. The molecule has 0 aliphatic heterocycles. The van der Waals surface area contributed by atoms with Crippen LogP contribution >= 0.6 is 0 Å². The molecule has 9 nitrogen and oxygen atoms in total. The number of amides is 1. The van der Waals surface area contributed by atoms with Gasteiger partial charge in [-0.25, -0.2) is 19.1 Å². The van der Waals surface area contributed by atoms with Gasteiger partial charge in [-0.05, 0) is 24.3 Å². The van der Waals surface area contributed by atoms with Gasteiger partial charge in [0.15, 0.2) is 0 Å². The van der Waals surface area contributed by atoms with E-state index in [0.717, 1.165) is 9.47 Å². The third-order valence-electron chi connectivity index (χ3n) is 4.31. The summed E-state index contributed by atoms with van der Waals surface area (Å²) in [4.78, 5) is 57.2. The molecule has 1 N–H and O–H groups in total. The van der Waals surface area contributed by atoms with Gasteiger partial charge in [0.1, 0.15) is 6.67 Å². The lowest BCUT2D eigenvalue weighted by atomic mass is 10.2. The topological polar surface area (TPSA) is 118 Å². The number of aromatic amines is 1. The van der Waals surface area contributed by atoms with Crippen molar-refractivity contribution in [1.82, 2.24) is 14.5 Å². The number of anilines is 1. The Kier molecular flexibility index (Phi) is 4.11. The number of rotatable bonds is 3. The van der Waals surface area contributed by atoms with Crippen LogP contribution in [-0.2, 0) is 11.5 Å². The Balaban J connectivity index is 1.86. The van der Waals surface area contributed by atoms with Gasteiger partial charge in [-0.3, -0.25) is 9.59 Å². The molecule has 0 unspecified atom stereocenters. The van der Waals surface area contributed by atoms with Gasteiger partial charge in [-0.2, -0.15) is 4.98 Å². The minimum atomic E-state index is -0.696. The van der Waals surface area contributed by atoms with Crippen LogP contribution in [0.2, 0.25) is 0 Å². The summed E-state index contributed by atoms with van der Waals surface area (Å²) in [5.41, 5.74) is -1.23. The Morgan fingerprint density at radius 1 is 1.07 bits per heavy atom. The largest absolute Gasteiger partial charge is 0.388 e. The lowest BCUT2D eigenvalue weighted by Gasteiger charge is -2.19. The highest BCUT2D eigenvalue weighted by molar-refractivity contribution is 5.89. The molecule has 0 aliphatic carbocycles. The average molecular weight is 378 g/mol. The second kappa shape index (κ2) is 6.62. The highest BCUT2D eigenvalue weighted by Gasteiger charge is 2.20. The quantitative estimate of drug-likeness (QED) is 0.572. The van der Waals surface area contributed by atoms with Crippen LogP contribution in [0.4, 0.5) is 6.01 Å². The summed E-state index contributed by atoms with van der Waals surface area (Å²) in [6.45, 7) is 0.764. The molecule has 0 saturated carbocycles. The van der Waals surface area contributed by atoms with Crippen LogP contribution in [0, 0.1) is 0 Å². The molecule has 0 saturated heterocycles. The molecule has 0 aliphatic rings. The fraction of sp³-hybridized carbons (Fsp3) is 0.105. The number of nitrogens with one attached hydrogen (secondary N) is 1. The van der Waals surface area contributed by atoms with E-state index in [2.05, 4.69) is 9.97 Å². The van der Waals surface area contributed by atoms with Gasteiger partial charge < -0.3 is 9.40 Å². The summed E-state index contributed by atoms with van der Waals surface area (Å²) in [6, 6.07) is 12.7. The van der Waals surface area contributed by atoms with E-state index in [1.165, 1.54) is 6.92 Å². The molecule has 140 valence electrons. The van der Waals surface area contributed by atoms with E-state index in [4.69, 9.17) is 4.42 Å². The van der Waals surface area contributed by atoms with E-state index in [0.29, 0.717) is 16.4 Å². The van der Waals surface area contributed by atoms with Crippen molar-refractivity contribution < 1.29 is 9.21 Å². The fourth-order valence-corrected chi connectivity index (χ4v) is 2.89. The zero-order valence-corrected chi connectivity index (χ0v) is 14.7. The molecule has 0 atom stereocenters. The first-order valence-corrected chi connectivity index (χ1v) is 8.35. The van der Waals surface area contributed by atoms with Crippen molar-refractivity contribution in [1.29, 1.82) is 0 Å². The summed E-state index contributed by atoms with van der Waals surface area (Å²) in [5.74, 6) is -0.551. The van der Waals surface area contributed by atoms with Crippen molar-refractivity contribution in [3.63, 3.8) is 0 Å². The lowest BCUT2D eigenvalue weighted by molar-refractivity contribution is -0.117. The molecular weight excluding hydrogens is 364 g/mol. The SMILES string of the molecule is CC(=O)N(Cn1c(=O)[nH]c2ccccc2c1=O)c1nc2ccccc2c(=O)o1. The van der Waals surface area contributed by atoms with Crippen molar-refractivity contribution in [2.75, 3.05) is 4.90 Å². The van der Waals surface area contributed by atoms with Crippen LogP contribution in [0.15, 0.2) is 67.3 Å². The number of H-pyrrole nitrogens is 1. The van der Waals surface area contributed by atoms with Crippen LogP contribution < -0.4 is 21.8 Å². The van der Waals surface area contributed by atoms with Gasteiger partial charge in [-0.1, -0.05) is 24.3 Å². The summed E-state index contributed by atoms with van der Waals surface area (Å²) in [6.07, 6.45) is 0. The molecule has 0 bridgehead atoms. The van der Waals surface area contributed by atoms with Gasteiger partial charge in [0.2, 0.25) is 5.91 Å². The number of nitrogens with zero attached hydrogens (tertiary/aromatic N) is 3. The van der Waals surface area contributed by atoms with Crippen LogP contribution in [0.25, 0.3) is 21.8 Å². The molecule has 2 aromatic heterocycles. The van der Waals surface area contributed by atoms with E-state index in [9.17, 15) is 19.2 Å². The Labute approximate surface area is 156 Å². The number of benzene rings is 2. The van der Waals surface area contributed by atoms with Crippen molar-refractivity contribution >= 4 is 33.7 Å². The average Bonchev–Trinajstić information content (AvgIpc) is 2.67. The molecular formula is C19H14N4O5. The van der Waals surface area contributed by atoms with E-state index in [1.54, 1.807) is 48.5 Å². The Bertz CT molecular complexity index is 1400. The number of hydrogen-bond acceptors (Lipinski definition) is 6. The minimum absolute atomic E-state index is 0.260. The zero-order chi connectivity index (χ0) is 19.8. The van der Waals surface area contributed by atoms with Crippen LogP contribution in [0.3, 0.4) is 0 Å². The predicted molar refractivity (Wildman–Crippen MR) is 102 cm³/mol. The van der Waals surface area contributed by atoms with Gasteiger partial charge in [-0.15, -0.1) is 0 Å². The Morgan fingerprint density at radius 3 is 2.50 bits per heavy atom. The van der Waals surface area contributed by atoms with Crippen molar-refractivity contribution in [2.45, 2.75) is 13.6 Å².